The first-order valence-electron chi connectivity index (χ1n) is 8.52. The summed E-state index contributed by atoms with van der Waals surface area (Å²) < 4.78 is 0. The summed E-state index contributed by atoms with van der Waals surface area (Å²) in [6.45, 7) is 0. The van der Waals surface area contributed by atoms with Crippen molar-refractivity contribution in [1.29, 1.82) is 0 Å². The lowest BCUT2D eigenvalue weighted by Crippen LogP contribution is -2.11. The predicted octanol–water partition coefficient (Wildman–Crippen LogP) is 4.00. The van der Waals surface area contributed by atoms with Crippen LogP contribution in [0.1, 0.15) is 21.7 Å². The molecule has 0 saturated heterocycles. The van der Waals surface area contributed by atoms with E-state index in [1.165, 1.54) is 5.56 Å². The highest BCUT2D eigenvalue weighted by atomic mass is 16.1. The monoisotopic (exact) mass is 342 g/mol. The first kappa shape index (κ1) is 16.0. The second-order valence-corrected chi connectivity index (χ2v) is 6.10. The van der Waals surface area contributed by atoms with Gasteiger partial charge in [0.2, 0.25) is 0 Å². The van der Waals surface area contributed by atoms with Gasteiger partial charge >= 0.3 is 0 Å². The van der Waals surface area contributed by atoms with Gasteiger partial charge in [0.15, 0.2) is 0 Å². The maximum Gasteiger partial charge on any atom is 0.257 e. The summed E-state index contributed by atoms with van der Waals surface area (Å²) in [7, 11) is 0. The number of rotatable bonds is 5. The Morgan fingerprint density at radius 1 is 1.00 bits per heavy atom. The van der Waals surface area contributed by atoms with Crippen molar-refractivity contribution in [1.82, 2.24) is 15.0 Å². The molecule has 0 aliphatic carbocycles. The summed E-state index contributed by atoms with van der Waals surface area (Å²) in [6, 6.07) is 19.5. The minimum absolute atomic E-state index is 0.179. The summed E-state index contributed by atoms with van der Waals surface area (Å²) in [4.78, 5) is 24.2. The topological polar surface area (TPSA) is 70.7 Å². The number of aromatic amines is 1. The van der Waals surface area contributed by atoms with Crippen LogP contribution in [0.5, 0.6) is 0 Å². The molecule has 2 aromatic heterocycles. The van der Waals surface area contributed by atoms with E-state index in [4.69, 9.17) is 0 Å². The molecule has 5 heteroatoms. The van der Waals surface area contributed by atoms with E-state index in [0.29, 0.717) is 5.56 Å². The number of benzene rings is 2. The molecule has 0 aliphatic heterocycles. The summed E-state index contributed by atoms with van der Waals surface area (Å²) in [6.07, 6.45) is 4.97. The number of carbonyl (C=O) groups is 1. The molecule has 4 aromatic rings. The number of hydrogen-bond acceptors (Lipinski definition) is 3. The van der Waals surface area contributed by atoms with E-state index in [0.717, 1.165) is 35.4 Å². The van der Waals surface area contributed by atoms with Crippen LogP contribution in [-0.4, -0.2) is 20.9 Å². The van der Waals surface area contributed by atoms with E-state index >= 15 is 0 Å². The fourth-order valence-electron chi connectivity index (χ4n) is 2.87. The van der Waals surface area contributed by atoms with Gasteiger partial charge in [-0.05, 0) is 42.3 Å². The number of fused-ring (bicyclic) bond motifs is 1. The Kier molecular flexibility index (Phi) is 4.43. The van der Waals surface area contributed by atoms with Crippen molar-refractivity contribution in [3.63, 3.8) is 0 Å². The number of imidazole rings is 1. The molecule has 2 N–H and O–H groups in total. The van der Waals surface area contributed by atoms with Gasteiger partial charge in [-0.2, -0.15) is 0 Å². The fourth-order valence-corrected chi connectivity index (χ4v) is 2.87. The van der Waals surface area contributed by atoms with Gasteiger partial charge in [-0.25, -0.2) is 4.98 Å². The van der Waals surface area contributed by atoms with Crippen molar-refractivity contribution in [2.24, 2.45) is 0 Å². The Labute approximate surface area is 151 Å². The molecular weight excluding hydrogens is 324 g/mol. The molecular formula is C21H18N4O. The largest absolute Gasteiger partial charge is 0.342 e. The van der Waals surface area contributed by atoms with Crippen molar-refractivity contribution in [3.05, 3.63) is 90.0 Å². The Morgan fingerprint density at radius 3 is 2.69 bits per heavy atom. The van der Waals surface area contributed by atoms with Crippen LogP contribution in [-0.2, 0) is 12.8 Å². The van der Waals surface area contributed by atoms with Crippen molar-refractivity contribution in [2.75, 3.05) is 5.32 Å². The van der Waals surface area contributed by atoms with Gasteiger partial charge in [-0.15, -0.1) is 0 Å². The van der Waals surface area contributed by atoms with Crippen LogP contribution >= 0.6 is 0 Å². The molecule has 128 valence electrons. The minimum atomic E-state index is -0.179. The number of hydrogen-bond donors (Lipinski definition) is 2. The highest BCUT2D eigenvalue weighted by Gasteiger charge is 2.08. The second kappa shape index (κ2) is 7.19. The lowest BCUT2D eigenvalue weighted by atomic mass is 10.1. The normalized spacial score (nSPS) is 10.8. The van der Waals surface area contributed by atoms with Gasteiger partial charge in [-0.1, -0.05) is 30.3 Å². The third-order valence-corrected chi connectivity index (χ3v) is 4.21. The number of amides is 1. The van der Waals surface area contributed by atoms with E-state index < -0.39 is 0 Å². The molecule has 0 radical (unpaired) electrons. The Balaban J connectivity index is 1.48. The number of aryl methyl sites for hydroxylation is 2. The first-order valence-corrected chi connectivity index (χ1v) is 8.52. The van der Waals surface area contributed by atoms with Crippen LogP contribution in [0.25, 0.3) is 11.0 Å². The standard InChI is InChI=1S/C21H18N4O/c26-21(16-7-4-12-22-14-16)23-17-9-10-18-19(13-17)25-20(24-18)11-8-15-5-2-1-3-6-15/h1-7,9-10,12-14H,8,11H2,(H,23,26)(H,24,25). The number of H-pyrrole nitrogens is 1. The molecule has 5 nitrogen and oxygen atoms in total. The summed E-state index contributed by atoms with van der Waals surface area (Å²) in [5, 5.41) is 2.89. The van der Waals surface area contributed by atoms with Gasteiger partial charge in [0.1, 0.15) is 5.82 Å². The van der Waals surface area contributed by atoms with Crippen LogP contribution in [0.2, 0.25) is 0 Å². The quantitative estimate of drug-likeness (QED) is 0.576. The number of nitrogens with one attached hydrogen (secondary N) is 2. The van der Waals surface area contributed by atoms with E-state index in [1.54, 1.807) is 24.5 Å². The van der Waals surface area contributed by atoms with Crippen molar-refractivity contribution >= 4 is 22.6 Å². The van der Waals surface area contributed by atoms with Gasteiger partial charge in [0, 0.05) is 24.5 Å². The van der Waals surface area contributed by atoms with Crippen molar-refractivity contribution in [3.8, 4) is 0 Å². The third-order valence-electron chi connectivity index (χ3n) is 4.21. The fraction of sp³-hybridized carbons (Fsp3) is 0.0952. The highest BCUT2D eigenvalue weighted by molar-refractivity contribution is 6.04. The number of anilines is 1. The number of nitrogens with zero attached hydrogens (tertiary/aromatic N) is 2. The highest BCUT2D eigenvalue weighted by Crippen LogP contribution is 2.19. The average molecular weight is 342 g/mol. The van der Waals surface area contributed by atoms with E-state index in [-0.39, 0.29) is 5.91 Å². The van der Waals surface area contributed by atoms with Gasteiger partial charge in [0.05, 0.1) is 16.6 Å². The Bertz CT molecular complexity index is 1030. The SMILES string of the molecule is O=C(Nc1ccc2nc(CCc3ccccc3)[nH]c2c1)c1cccnc1. The molecule has 4 rings (SSSR count). The van der Waals surface area contributed by atoms with Crippen molar-refractivity contribution in [2.45, 2.75) is 12.8 Å². The van der Waals surface area contributed by atoms with Crippen LogP contribution in [0, 0.1) is 0 Å². The molecule has 0 bridgehead atoms. The van der Waals surface area contributed by atoms with Gasteiger partial charge < -0.3 is 10.3 Å². The Hall–Kier alpha value is -3.47. The van der Waals surface area contributed by atoms with Crippen LogP contribution in [0.4, 0.5) is 5.69 Å². The molecule has 0 unspecified atom stereocenters. The maximum absolute atomic E-state index is 12.2. The lowest BCUT2D eigenvalue weighted by molar-refractivity contribution is 0.102. The zero-order valence-electron chi connectivity index (χ0n) is 14.1. The molecule has 0 spiro atoms. The Morgan fingerprint density at radius 2 is 1.88 bits per heavy atom. The summed E-state index contributed by atoms with van der Waals surface area (Å²) in [5.41, 5.74) is 4.35. The molecule has 0 saturated carbocycles. The van der Waals surface area contributed by atoms with E-state index in [9.17, 15) is 4.79 Å². The van der Waals surface area contributed by atoms with Gasteiger partial charge in [0.25, 0.3) is 5.91 Å². The predicted molar refractivity (Wildman–Crippen MR) is 102 cm³/mol. The van der Waals surface area contributed by atoms with Crippen LogP contribution in [0.15, 0.2) is 73.1 Å². The third kappa shape index (κ3) is 3.62. The zero-order chi connectivity index (χ0) is 17.8. The minimum Gasteiger partial charge on any atom is -0.342 e. The smallest absolute Gasteiger partial charge is 0.257 e. The van der Waals surface area contributed by atoms with Crippen LogP contribution < -0.4 is 5.32 Å². The van der Waals surface area contributed by atoms with Crippen molar-refractivity contribution < 1.29 is 4.79 Å². The van der Waals surface area contributed by atoms with Crippen LogP contribution in [0.3, 0.4) is 0 Å². The summed E-state index contributed by atoms with van der Waals surface area (Å²) in [5.74, 6) is 0.765. The average Bonchev–Trinajstić information content (AvgIpc) is 3.10. The zero-order valence-corrected chi connectivity index (χ0v) is 14.1. The lowest BCUT2D eigenvalue weighted by Gasteiger charge is -2.04. The number of pyridine rings is 1. The summed E-state index contributed by atoms with van der Waals surface area (Å²) >= 11 is 0. The molecule has 0 atom stereocenters. The number of aromatic nitrogens is 3. The van der Waals surface area contributed by atoms with Gasteiger partial charge in [-0.3, -0.25) is 9.78 Å². The maximum atomic E-state index is 12.2. The van der Waals surface area contributed by atoms with E-state index in [1.807, 2.05) is 36.4 Å². The number of carbonyl (C=O) groups excluding carboxylic acids is 1. The first-order chi connectivity index (χ1) is 12.8. The molecule has 26 heavy (non-hydrogen) atoms. The molecule has 0 fully saturated rings. The molecule has 1 amide bonds. The molecule has 2 aromatic carbocycles. The molecule has 0 aliphatic rings. The second-order valence-electron chi connectivity index (χ2n) is 6.10. The van der Waals surface area contributed by atoms with E-state index in [2.05, 4.69) is 32.4 Å². The molecule has 2 heterocycles.